The molecule has 3 amide bonds. The van der Waals surface area contributed by atoms with Gasteiger partial charge in [-0.25, -0.2) is 4.79 Å². The summed E-state index contributed by atoms with van der Waals surface area (Å²) in [5.74, 6) is -5.09. The van der Waals surface area contributed by atoms with Gasteiger partial charge in [0, 0.05) is 0 Å². The highest BCUT2D eigenvalue weighted by molar-refractivity contribution is 7.98. The van der Waals surface area contributed by atoms with E-state index in [0.717, 1.165) is 0 Å². The summed E-state index contributed by atoms with van der Waals surface area (Å²) < 4.78 is 0. The van der Waals surface area contributed by atoms with Crippen LogP contribution in [0, 0.1) is 5.92 Å². The zero-order chi connectivity index (χ0) is 24.1. The summed E-state index contributed by atoms with van der Waals surface area (Å²) in [6.45, 7) is 2.71. The molecule has 0 aliphatic carbocycles. The fourth-order valence-corrected chi connectivity index (χ4v) is 2.87. The number of hydrogen-bond acceptors (Lipinski definition) is 8. The lowest BCUT2D eigenvalue weighted by Crippen LogP contribution is -2.58. The molecule has 0 spiro atoms. The van der Waals surface area contributed by atoms with Crippen LogP contribution in [0.4, 0.5) is 0 Å². The third-order valence-corrected chi connectivity index (χ3v) is 5.26. The Morgan fingerprint density at radius 2 is 1.45 bits per heavy atom. The van der Waals surface area contributed by atoms with E-state index in [1.54, 1.807) is 13.2 Å². The molecule has 0 aliphatic rings. The molecule has 0 bridgehead atoms. The molecular weight excluding hydrogens is 432 g/mol. The van der Waals surface area contributed by atoms with Crippen LogP contribution in [0.15, 0.2) is 0 Å². The molecule has 8 N–H and O–H groups in total. The van der Waals surface area contributed by atoms with Crippen molar-refractivity contribution in [3.8, 4) is 0 Å². The average molecular weight is 465 g/mol. The predicted molar refractivity (Wildman–Crippen MR) is 113 cm³/mol. The number of amides is 3. The summed E-state index contributed by atoms with van der Waals surface area (Å²) in [6, 6.07) is -5.21. The molecule has 0 aromatic carbocycles. The van der Waals surface area contributed by atoms with E-state index in [0.29, 0.717) is 12.2 Å². The molecule has 5 atom stereocenters. The van der Waals surface area contributed by atoms with Crippen LogP contribution >= 0.6 is 11.8 Å². The number of carboxylic acids is 2. The molecule has 0 radical (unpaired) electrons. The second-order valence-corrected chi connectivity index (χ2v) is 7.98. The first-order valence-electron chi connectivity index (χ1n) is 9.69. The zero-order valence-electron chi connectivity index (χ0n) is 17.8. The van der Waals surface area contributed by atoms with Gasteiger partial charge in [-0.2, -0.15) is 11.8 Å². The van der Waals surface area contributed by atoms with Crippen LogP contribution in [-0.2, 0) is 24.0 Å². The summed E-state index contributed by atoms with van der Waals surface area (Å²) >= 11 is 1.37. The van der Waals surface area contributed by atoms with Gasteiger partial charge in [-0.3, -0.25) is 19.2 Å². The Labute approximate surface area is 184 Å². The minimum absolute atomic E-state index is 0.108. The van der Waals surface area contributed by atoms with Gasteiger partial charge < -0.3 is 37.0 Å². The number of nitrogens with one attached hydrogen (secondary N) is 3. The van der Waals surface area contributed by atoms with Crippen LogP contribution in [0.5, 0.6) is 0 Å². The molecule has 0 fully saturated rings. The molecule has 13 heteroatoms. The van der Waals surface area contributed by atoms with Gasteiger partial charge in [-0.1, -0.05) is 20.3 Å². The molecule has 0 saturated heterocycles. The average Bonchev–Trinajstić information content (AvgIpc) is 2.71. The molecule has 0 heterocycles. The largest absolute Gasteiger partial charge is 0.481 e. The zero-order valence-corrected chi connectivity index (χ0v) is 18.6. The van der Waals surface area contributed by atoms with Gasteiger partial charge in [-0.15, -0.1) is 0 Å². The van der Waals surface area contributed by atoms with E-state index >= 15 is 0 Å². The van der Waals surface area contributed by atoms with E-state index in [4.69, 9.17) is 21.1 Å². The molecule has 0 rings (SSSR count). The van der Waals surface area contributed by atoms with E-state index in [1.165, 1.54) is 11.8 Å². The monoisotopic (exact) mass is 464 g/mol. The highest BCUT2D eigenvalue weighted by atomic mass is 32.2. The number of carbonyl (C=O) groups excluding carboxylic acids is 3. The number of hydrogen-bond donors (Lipinski definition) is 7. The summed E-state index contributed by atoms with van der Waals surface area (Å²) in [6.07, 6.45) is 1.72. The van der Waals surface area contributed by atoms with Crippen LogP contribution in [0.25, 0.3) is 0 Å². The minimum atomic E-state index is -1.57. The SMILES string of the molecule is CCC(C)C(N)C(=O)NC(CC(=O)O)C(=O)NC(CCSC)C(=O)NC(CO)C(=O)O. The number of aliphatic hydroxyl groups excluding tert-OH is 1. The second-order valence-electron chi connectivity index (χ2n) is 6.99. The summed E-state index contributed by atoms with van der Waals surface area (Å²) in [5.41, 5.74) is 5.83. The lowest BCUT2D eigenvalue weighted by Gasteiger charge is -2.25. The van der Waals surface area contributed by atoms with E-state index < -0.39 is 66.9 Å². The van der Waals surface area contributed by atoms with E-state index in [9.17, 15) is 24.0 Å². The fraction of sp³-hybridized carbons (Fsp3) is 0.722. The molecule has 0 aromatic heterocycles. The molecule has 0 aliphatic heterocycles. The van der Waals surface area contributed by atoms with Crippen LogP contribution in [0.1, 0.15) is 33.1 Å². The van der Waals surface area contributed by atoms with Crippen LogP contribution in [0.3, 0.4) is 0 Å². The van der Waals surface area contributed by atoms with Crippen molar-refractivity contribution < 1.29 is 39.3 Å². The Hall–Kier alpha value is -2.38. The maximum absolute atomic E-state index is 12.7. The number of carbonyl (C=O) groups is 5. The molecule has 0 saturated carbocycles. The van der Waals surface area contributed by atoms with Crippen LogP contribution in [-0.4, -0.2) is 87.8 Å². The van der Waals surface area contributed by atoms with Crippen molar-refractivity contribution in [1.82, 2.24) is 16.0 Å². The van der Waals surface area contributed by atoms with Gasteiger partial charge in [0.25, 0.3) is 0 Å². The van der Waals surface area contributed by atoms with Crippen molar-refractivity contribution in [3.63, 3.8) is 0 Å². The number of nitrogens with two attached hydrogens (primary N) is 1. The van der Waals surface area contributed by atoms with Gasteiger partial charge in [0.15, 0.2) is 0 Å². The third-order valence-electron chi connectivity index (χ3n) is 4.61. The third kappa shape index (κ3) is 10.5. The van der Waals surface area contributed by atoms with Gasteiger partial charge in [0.05, 0.1) is 19.1 Å². The highest BCUT2D eigenvalue weighted by Gasteiger charge is 2.31. The smallest absolute Gasteiger partial charge is 0.328 e. The summed E-state index contributed by atoms with van der Waals surface area (Å²) in [7, 11) is 0. The van der Waals surface area contributed by atoms with Crippen molar-refractivity contribution in [2.45, 2.75) is 57.3 Å². The van der Waals surface area contributed by atoms with Crippen molar-refractivity contribution in [3.05, 3.63) is 0 Å². The Morgan fingerprint density at radius 1 is 0.935 bits per heavy atom. The number of thioether (sulfide) groups is 1. The minimum Gasteiger partial charge on any atom is -0.481 e. The standard InChI is InChI=1S/C18H32N4O8S/c1-4-9(2)14(19)17(28)21-11(7-13(24)25)16(27)20-10(5-6-31-3)15(26)22-12(8-23)18(29)30/h9-12,14,23H,4-8,19H2,1-3H3,(H,20,27)(H,21,28)(H,22,26)(H,24,25)(H,29,30). The Bertz CT molecular complexity index is 648. The first kappa shape index (κ1) is 28.6. The van der Waals surface area contributed by atoms with Gasteiger partial charge in [-0.05, 0) is 24.3 Å². The molecular formula is C18H32N4O8S. The van der Waals surface area contributed by atoms with Crippen molar-refractivity contribution in [2.75, 3.05) is 18.6 Å². The lowest BCUT2D eigenvalue weighted by atomic mass is 9.99. The molecule has 5 unspecified atom stereocenters. The van der Waals surface area contributed by atoms with Gasteiger partial charge in [0.2, 0.25) is 17.7 Å². The van der Waals surface area contributed by atoms with Crippen LogP contribution in [0.2, 0.25) is 0 Å². The molecule has 0 aromatic rings. The number of carboxylic acid groups (broad SMARTS) is 2. The molecule has 12 nitrogen and oxygen atoms in total. The number of rotatable bonds is 15. The lowest BCUT2D eigenvalue weighted by molar-refractivity contribution is -0.144. The van der Waals surface area contributed by atoms with Crippen molar-refractivity contribution in [1.29, 1.82) is 0 Å². The topological polar surface area (TPSA) is 208 Å². The first-order chi connectivity index (χ1) is 14.5. The quantitative estimate of drug-likeness (QED) is 0.143. The van der Waals surface area contributed by atoms with Crippen molar-refractivity contribution in [2.24, 2.45) is 11.7 Å². The molecule has 178 valence electrons. The van der Waals surface area contributed by atoms with Crippen molar-refractivity contribution >= 4 is 41.4 Å². The fourth-order valence-electron chi connectivity index (χ4n) is 2.40. The Morgan fingerprint density at radius 3 is 1.90 bits per heavy atom. The Kier molecular flexibility index (Phi) is 13.5. The van der Waals surface area contributed by atoms with Gasteiger partial charge in [0.1, 0.15) is 18.1 Å². The normalized spacial score (nSPS) is 15.6. The van der Waals surface area contributed by atoms with Crippen LogP contribution < -0.4 is 21.7 Å². The second kappa shape index (κ2) is 14.6. The van der Waals surface area contributed by atoms with Gasteiger partial charge >= 0.3 is 11.9 Å². The molecule has 31 heavy (non-hydrogen) atoms. The Balaban J connectivity index is 5.42. The van der Waals surface area contributed by atoms with E-state index in [1.807, 2.05) is 6.92 Å². The van der Waals surface area contributed by atoms with E-state index in [-0.39, 0.29) is 12.3 Å². The summed E-state index contributed by atoms with van der Waals surface area (Å²) in [4.78, 5) is 59.6. The first-order valence-corrected chi connectivity index (χ1v) is 11.1. The van der Waals surface area contributed by atoms with E-state index in [2.05, 4.69) is 16.0 Å². The number of aliphatic hydroxyl groups is 1. The maximum atomic E-state index is 12.7. The maximum Gasteiger partial charge on any atom is 0.328 e. The highest BCUT2D eigenvalue weighted by Crippen LogP contribution is 2.07. The summed E-state index contributed by atoms with van der Waals surface area (Å²) in [5, 5.41) is 33.9. The predicted octanol–water partition coefficient (Wildman–Crippen LogP) is -1.88. The number of aliphatic carboxylic acids is 2.